The van der Waals surface area contributed by atoms with Crippen molar-refractivity contribution in [2.24, 2.45) is 17.6 Å². The largest absolute Gasteiger partial charge is 0.481 e. The monoisotopic (exact) mass is 553 g/mol. The van der Waals surface area contributed by atoms with E-state index in [2.05, 4.69) is 24.5 Å². The van der Waals surface area contributed by atoms with E-state index in [9.17, 15) is 19.5 Å². The van der Waals surface area contributed by atoms with Gasteiger partial charge >= 0.3 is 18.1 Å². The second kappa shape index (κ2) is 13.1. The number of pyridine rings is 1. The molecule has 1 aromatic carbocycles. The van der Waals surface area contributed by atoms with Crippen LogP contribution < -0.4 is 16.4 Å². The molecule has 1 saturated heterocycles. The Morgan fingerprint density at radius 3 is 2.30 bits per heavy atom. The summed E-state index contributed by atoms with van der Waals surface area (Å²) in [5.74, 6) is -0.966. The van der Waals surface area contributed by atoms with Crippen molar-refractivity contribution in [2.75, 3.05) is 18.4 Å². The number of aryl methyl sites for hydroxylation is 1. The van der Waals surface area contributed by atoms with E-state index < -0.39 is 23.6 Å². The molecule has 10 nitrogen and oxygen atoms in total. The molecule has 0 spiro atoms. The molecule has 218 valence electrons. The van der Waals surface area contributed by atoms with Crippen LogP contribution >= 0.6 is 0 Å². The Kier molecular flexibility index (Phi) is 10.1. The lowest BCUT2D eigenvalue weighted by Gasteiger charge is -2.31. The molecule has 3 amide bonds. The second-order valence-corrected chi connectivity index (χ2v) is 11.8. The van der Waals surface area contributed by atoms with Gasteiger partial charge in [-0.1, -0.05) is 38.1 Å². The van der Waals surface area contributed by atoms with Crippen LogP contribution in [0.3, 0.4) is 0 Å². The normalized spacial score (nSPS) is 14.2. The molecule has 1 fully saturated rings. The first kappa shape index (κ1) is 30.9. The Balaban J connectivity index is 2.06. The number of hydrogen-bond donors (Lipinski definition) is 4. The number of nitrogens with one attached hydrogen (secondary N) is 2. The van der Waals surface area contributed by atoms with E-state index in [1.165, 1.54) is 0 Å². The van der Waals surface area contributed by atoms with E-state index >= 15 is 0 Å². The highest BCUT2D eigenvalue weighted by atomic mass is 16.6. The molecular formula is C30H43N5O5. The number of likely N-dealkylation sites (tertiary alicyclic amines) is 1. The fourth-order valence-electron chi connectivity index (χ4n) is 4.82. The Morgan fingerprint density at radius 2 is 1.77 bits per heavy atom. The zero-order valence-electron chi connectivity index (χ0n) is 24.5. The van der Waals surface area contributed by atoms with Gasteiger partial charge in [0.2, 0.25) is 0 Å². The smallest absolute Gasteiger partial charge is 0.407 e. The number of aromatic nitrogens is 1. The van der Waals surface area contributed by atoms with Gasteiger partial charge in [0.05, 0.1) is 17.3 Å². The number of carbonyl (C=O) groups is 3. The van der Waals surface area contributed by atoms with Crippen LogP contribution in [0.2, 0.25) is 0 Å². The van der Waals surface area contributed by atoms with Gasteiger partial charge in [0.1, 0.15) is 5.60 Å². The third-order valence-corrected chi connectivity index (χ3v) is 6.82. The number of carbonyl (C=O) groups excluding carboxylic acids is 2. The number of anilines is 1. The van der Waals surface area contributed by atoms with Gasteiger partial charge < -0.3 is 31.1 Å². The van der Waals surface area contributed by atoms with E-state index in [0.717, 1.165) is 27.9 Å². The molecule has 3 rings (SSSR count). The number of piperidine rings is 1. The van der Waals surface area contributed by atoms with Crippen molar-refractivity contribution in [1.82, 2.24) is 15.2 Å². The highest BCUT2D eigenvalue weighted by molar-refractivity contribution is 5.96. The Morgan fingerprint density at radius 1 is 1.15 bits per heavy atom. The fourth-order valence-corrected chi connectivity index (χ4v) is 4.82. The molecule has 0 aliphatic carbocycles. The lowest BCUT2D eigenvalue weighted by atomic mass is 9.92. The minimum atomic E-state index is -0.828. The van der Waals surface area contributed by atoms with Crippen LogP contribution in [0.4, 0.5) is 15.3 Å². The Hall–Kier alpha value is -3.66. The van der Waals surface area contributed by atoms with Gasteiger partial charge in [0.15, 0.2) is 0 Å². The topological polar surface area (TPSA) is 147 Å². The maximum atomic E-state index is 13.4. The number of benzene rings is 1. The van der Waals surface area contributed by atoms with Crippen molar-refractivity contribution in [2.45, 2.75) is 79.5 Å². The van der Waals surface area contributed by atoms with Crippen molar-refractivity contribution in [3.63, 3.8) is 0 Å². The minimum absolute atomic E-state index is 0.158. The van der Waals surface area contributed by atoms with Crippen molar-refractivity contribution >= 4 is 23.8 Å². The van der Waals surface area contributed by atoms with E-state index in [4.69, 9.17) is 15.5 Å². The molecule has 0 radical (unpaired) electrons. The van der Waals surface area contributed by atoms with E-state index in [1.807, 2.05) is 52.0 Å². The molecule has 2 aromatic rings. The first-order chi connectivity index (χ1) is 18.8. The van der Waals surface area contributed by atoms with Crippen LogP contribution in [0.1, 0.15) is 70.0 Å². The van der Waals surface area contributed by atoms with Gasteiger partial charge in [0, 0.05) is 43.0 Å². The standard InChI is InChI=1S/C30H43N5O5/c1-18(2)15-24-23(17-32-29(39)40-30(4,5)6)25(21-9-7-20(16-31)8-10-21)26(19(3)33-24)34-28(38)35-13-11-22(12-14-35)27(36)37/h7-10,18,22H,11-17,31H2,1-6H3,(H,32,39)(H,34,38)(H,36,37). The second-order valence-electron chi connectivity index (χ2n) is 11.8. The number of ether oxygens (including phenoxy) is 1. The zero-order chi connectivity index (χ0) is 29.6. The summed E-state index contributed by atoms with van der Waals surface area (Å²) in [6, 6.07) is 7.50. The molecule has 5 N–H and O–H groups in total. The third-order valence-electron chi connectivity index (χ3n) is 6.82. The summed E-state index contributed by atoms with van der Waals surface area (Å²) in [5.41, 5.74) is 10.6. The van der Waals surface area contributed by atoms with Crippen molar-refractivity contribution in [1.29, 1.82) is 0 Å². The molecular weight excluding hydrogens is 510 g/mol. The van der Waals surface area contributed by atoms with Crippen molar-refractivity contribution in [3.8, 4) is 11.1 Å². The Labute approximate surface area is 236 Å². The quantitative estimate of drug-likeness (QED) is 0.357. The van der Waals surface area contributed by atoms with E-state index in [0.29, 0.717) is 56.2 Å². The highest BCUT2D eigenvalue weighted by Crippen LogP contribution is 2.37. The molecule has 1 aliphatic heterocycles. The van der Waals surface area contributed by atoms with Gasteiger partial charge in [-0.25, -0.2) is 9.59 Å². The molecule has 10 heteroatoms. The van der Waals surface area contributed by atoms with Gasteiger partial charge in [-0.05, 0) is 64.0 Å². The van der Waals surface area contributed by atoms with Crippen LogP contribution in [-0.4, -0.2) is 51.8 Å². The molecule has 0 atom stereocenters. The number of nitrogens with zero attached hydrogens (tertiary/aromatic N) is 2. The van der Waals surface area contributed by atoms with Crippen LogP contribution in [0.5, 0.6) is 0 Å². The molecule has 0 saturated carbocycles. The number of hydrogen-bond acceptors (Lipinski definition) is 6. The van der Waals surface area contributed by atoms with Gasteiger partial charge in [-0.15, -0.1) is 0 Å². The van der Waals surface area contributed by atoms with Gasteiger partial charge in [-0.3, -0.25) is 9.78 Å². The van der Waals surface area contributed by atoms with Crippen LogP contribution in [0.15, 0.2) is 24.3 Å². The zero-order valence-corrected chi connectivity index (χ0v) is 24.5. The summed E-state index contributed by atoms with van der Waals surface area (Å²) in [7, 11) is 0. The minimum Gasteiger partial charge on any atom is -0.481 e. The average Bonchev–Trinajstić information content (AvgIpc) is 2.88. The van der Waals surface area contributed by atoms with Crippen LogP contribution in [0.25, 0.3) is 11.1 Å². The van der Waals surface area contributed by atoms with Gasteiger partial charge in [0.25, 0.3) is 0 Å². The predicted octanol–water partition coefficient (Wildman–Crippen LogP) is 5.07. The molecule has 1 aliphatic rings. The van der Waals surface area contributed by atoms with Crippen LogP contribution in [-0.2, 0) is 29.0 Å². The number of carboxylic acids is 1. The number of alkyl carbamates (subject to hydrolysis) is 1. The first-order valence-electron chi connectivity index (χ1n) is 13.9. The van der Waals surface area contributed by atoms with Crippen LogP contribution in [0, 0.1) is 18.8 Å². The summed E-state index contributed by atoms with van der Waals surface area (Å²) < 4.78 is 5.48. The Bertz CT molecular complexity index is 1210. The molecule has 40 heavy (non-hydrogen) atoms. The average molecular weight is 554 g/mol. The number of amides is 3. The fraction of sp³-hybridized carbons (Fsp3) is 0.533. The number of rotatable bonds is 8. The molecule has 0 bridgehead atoms. The number of nitrogens with two attached hydrogens (primary N) is 1. The number of aliphatic carboxylic acids is 1. The summed E-state index contributed by atoms with van der Waals surface area (Å²) in [6.07, 6.45) is 0.953. The number of urea groups is 1. The first-order valence-corrected chi connectivity index (χ1v) is 13.9. The summed E-state index contributed by atoms with van der Waals surface area (Å²) in [6.45, 7) is 12.8. The van der Waals surface area contributed by atoms with Gasteiger partial charge in [-0.2, -0.15) is 0 Å². The molecule has 1 aromatic heterocycles. The molecule has 2 heterocycles. The maximum Gasteiger partial charge on any atom is 0.407 e. The van der Waals surface area contributed by atoms with E-state index in [1.54, 1.807) is 4.90 Å². The summed E-state index contributed by atoms with van der Waals surface area (Å²) >= 11 is 0. The lowest BCUT2D eigenvalue weighted by Crippen LogP contribution is -2.42. The third kappa shape index (κ3) is 8.17. The van der Waals surface area contributed by atoms with Crippen molar-refractivity contribution in [3.05, 3.63) is 46.8 Å². The maximum absolute atomic E-state index is 13.4. The lowest BCUT2D eigenvalue weighted by molar-refractivity contribution is -0.143. The summed E-state index contributed by atoms with van der Waals surface area (Å²) in [4.78, 5) is 43.9. The molecule has 0 unspecified atom stereocenters. The van der Waals surface area contributed by atoms with Crippen molar-refractivity contribution < 1.29 is 24.2 Å². The SMILES string of the molecule is Cc1nc(CC(C)C)c(CNC(=O)OC(C)(C)C)c(-c2ccc(CN)cc2)c1NC(=O)N1CCC(C(=O)O)CC1. The number of carboxylic acid groups (broad SMARTS) is 1. The van der Waals surface area contributed by atoms with E-state index in [-0.39, 0.29) is 12.6 Å². The highest BCUT2D eigenvalue weighted by Gasteiger charge is 2.29. The summed E-state index contributed by atoms with van der Waals surface area (Å²) in [5, 5.41) is 15.3. The predicted molar refractivity (Wildman–Crippen MR) is 155 cm³/mol.